The molecule has 0 atom stereocenters. The van der Waals surface area contributed by atoms with Crippen LogP contribution in [0.15, 0.2) is 0 Å². The Morgan fingerprint density at radius 1 is 0.600 bits per heavy atom. The van der Waals surface area contributed by atoms with Crippen LogP contribution in [0.25, 0.3) is 0 Å². The Balaban J connectivity index is -0.0000000787. The van der Waals surface area contributed by atoms with Gasteiger partial charge in [-0.15, -0.1) is 0 Å². The lowest BCUT2D eigenvalue weighted by atomic mass is 10.2. The summed E-state index contributed by atoms with van der Waals surface area (Å²) < 4.78 is 0. The maximum atomic E-state index is 4.50. The van der Waals surface area contributed by atoms with E-state index in [2.05, 4.69) is 35.5 Å². The molecule has 1 heteroatoms. The van der Waals surface area contributed by atoms with Crippen molar-refractivity contribution in [1.82, 2.24) is 0 Å². The van der Waals surface area contributed by atoms with Gasteiger partial charge in [0.1, 0.15) is 0 Å². The molecule has 0 fully saturated rings. The zero-order chi connectivity index (χ0) is 8.83. The van der Waals surface area contributed by atoms with Gasteiger partial charge >= 0.3 is 0 Å². The SMILES string of the molecule is CCCC.CCCC.[B]C. The van der Waals surface area contributed by atoms with Crippen molar-refractivity contribution in [3.05, 3.63) is 0 Å². The molecule has 0 aliphatic rings. The smallest absolute Gasteiger partial charge is 0.0606 e. The van der Waals surface area contributed by atoms with Crippen molar-refractivity contribution in [2.45, 2.75) is 60.2 Å². The monoisotopic (exact) mass is 142 g/mol. The van der Waals surface area contributed by atoms with Gasteiger partial charge in [-0.05, 0) is 0 Å². The maximum absolute atomic E-state index is 4.50. The summed E-state index contributed by atoms with van der Waals surface area (Å²) in [6.45, 7) is 10.2. The lowest BCUT2D eigenvalue weighted by Gasteiger charge is -1.68. The molecule has 0 heterocycles. The first-order chi connectivity index (χ1) is 4.83. The van der Waals surface area contributed by atoms with Crippen molar-refractivity contribution in [2.24, 2.45) is 0 Å². The van der Waals surface area contributed by atoms with Gasteiger partial charge in [-0.1, -0.05) is 60.2 Å². The van der Waals surface area contributed by atoms with E-state index in [0.29, 0.717) is 0 Å². The van der Waals surface area contributed by atoms with E-state index in [-0.39, 0.29) is 0 Å². The summed E-state index contributed by atoms with van der Waals surface area (Å²) >= 11 is 0. The molecule has 0 N–H and O–H groups in total. The minimum absolute atomic E-state index is 1.32. The van der Waals surface area contributed by atoms with Crippen LogP contribution in [0.1, 0.15) is 53.4 Å². The van der Waals surface area contributed by atoms with Gasteiger partial charge in [0.2, 0.25) is 0 Å². The second kappa shape index (κ2) is 35.7. The van der Waals surface area contributed by atoms with Gasteiger partial charge in [0, 0.05) is 0 Å². The Kier molecular flexibility index (Phi) is 59.1. The van der Waals surface area contributed by atoms with Crippen LogP contribution in [0.5, 0.6) is 0 Å². The summed E-state index contributed by atoms with van der Waals surface area (Å²) in [6.07, 6.45) is 5.28. The summed E-state index contributed by atoms with van der Waals surface area (Å²) in [5.41, 5.74) is 0. The molecule has 2 radical (unpaired) electrons. The number of hydrogen-bond donors (Lipinski definition) is 0. The van der Waals surface area contributed by atoms with E-state index in [1.165, 1.54) is 32.5 Å². The fourth-order valence-corrected chi connectivity index (χ4v) is 0. The zero-order valence-electron chi connectivity index (χ0n) is 8.41. The minimum atomic E-state index is 1.32. The molecule has 0 spiro atoms. The van der Waals surface area contributed by atoms with Gasteiger partial charge < -0.3 is 0 Å². The Morgan fingerprint density at radius 3 is 0.700 bits per heavy atom. The summed E-state index contributed by atoms with van der Waals surface area (Å²) in [5.74, 6) is 0. The van der Waals surface area contributed by atoms with Crippen LogP contribution in [-0.2, 0) is 0 Å². The van der Waals surface area contributed by atoms with Crippen LogP contribution in [0.3, 0.4) is 0 Å². The first-order valence-corrected chi connectivity index (χ1v) is 4.41. The maximum Gasteiger partial charge on any atom is 0.0606 e. The lowest BCUT2D eigenvalue weighted by Crippen LogP contribution is -1.47. The minimum Gasteiger partial charge on any atom is -0.0999 e. The van der Waals surface area contributed by atoms with E-state index in [9.17, 15) is 0 Å². The Labute approximate surface area is 68.8 Å². The third-order valence-electron chi connectivity index (χ3n) is 1.000. The molecule has 62 valence electrons. The summed E-state index contributed by atoms with van der Waals surface area (Å²) in [5, 5.41) is 0. The van der Waals surface area contributed by atoms with E-state index in [1.807, 2.05) is 0 Å². The summed E-state index contributed by atoms with van der Waals surface area (Å²) in [7, 11) is 4.50. The van der Waals surface area contributed by atoms with Gasteiger partial charge in [0.15, 0.2) is 0 Å². The molecule has 0 aromatic carbocycles. The van der Waals surface area contributed by atoms with Crippen molar-refractivity contribution >= 4 is 7.85 Å². The molecule has 0 saturated heterocycles. The van der Waals surface area contributed by atoms with Crippen molar-refractivity contribution in [2.75, 3.05) is 0 Å². The van der Waals surface area contributed by atoms with Crippen LogP contribution >= 0.6 is 0 Å². The predicted octanol–water partition coefficient (Wildman–Crippen LogP) is 3.82. The van der Waals surface area contributed by atoms with Crippen LogP contribution in [0.4, 0.5) is 0 Å². The molecule has 0 aromatic rings. The van der Waals surface area contributed by atoms with E-state index < -0.39 is 0 Å². The Hall–Kier alpha value is 0.0649. The highest BCUT2D eigenvalue weighted by atomic mass is 13.6. The molecule has 0 aliphatic heterocycles. The van der Waals surface area contributed by atoms with Crippen LogP contribution in [-0.4, -0.2) is 7.85 Å². The molecule has 10 heavy (non-hydrogen) atoms. The van der Waals surface area contributed by atoms with E-state index in [0.717, 1.165) is 0 Å². The fraction of sp³-hybridized carbons (Fsp3) is 1.00. The first-order valence-electron chi connectivity index (χ1n) is 4.41. The highest BCUT2D eigenvalue weighted by Gasteiger charge is 1.56. The largest absolute Gasteiger partial charge is 0.0999 e. The Bertz CT molecular complexity index is 12.7. The molecule has 0 amide bonds. The van der Waals surface area contributed by atoms with Crippen molar-refractivity contribution in [1.29, 1.82) is 0 Å². The molecule has 0 bridgehead atoms. The van der Waals surface area contributed by atoms with Crippen LogP contribution < -0.4 is 0 Å². The quantitative estimate of drug-likeness (QED) is 0.514. The van der Waals surface area contributed by atoms with Crippen LogP contribution in [0.2, 0.25) is 6.82 Å². The first kappa shape index (κ1) is 16.6. The van der Waals surface area contributed by atoms with Gasteiger partial charge in [-0.25, -0.2) is 0 Å². The zero-order valence-corrected chi connectivity index (χ0v) is 8.41. The summed E-state index contributed by atoms with van der Waals surface area (Å²) in [4.78, 5) is 0. The third-order valence-corrected chi connectivity index (χ3v) is 1.000. The topological polar surface area (TPSA) is 0 Å². The fourth-order valence-electron chi connectivity index (χ4n) is 0. The van der Waals surface area contributed by atoms with Gasteiger partial charge in [-0.3, -0.25) is 0 Å². The average molecular weight is 142 g/mol. The molecule has 0 aromatic heterocycles. The lowest BCUT2D eigenvalue weighted by molar-refractivity contribution is 0.886. The van der Waals surface area contributed by atoms with Gasteiger partial charge in [-0.2, -0.15) is 0 Å². The van der Waals surface area contributed by atoms with Crippen molar-refractivity contribution in [3.63, 3.8) is 0 Å². The highest BCUT2D eigenvalue weighted by Crippen LogP contribution is 1.77. The third kappa shape index (κ3) is 94.4. The second-order valence-electron chi connectivity index (χ2n) is 2.00. The standard InChI is InChI=1S/2C4H10.CH3B/c2*1-3-4-2;1-2/h2*3-4H2,1-2H3;1H3. The number of unbranched alkanes of at least 4 members (excludes halogenated alkanes) is 2. The molecule has 0 unspecified atom stereocenters. The van der Waals surface area contributed by atoms with Crippen LogP contribution in [0, 0.1) is 0 Å². The van der Waals surface area contributed by atoms with Crippen molar-refractivity contribution < 1.29 is 0 Å². The molecule has 0 saturated carbocycles. The second-order valence-corrected chi connectivity index (χ2v) is 2.00. The predicted molar refractivity (Wildman–Crippen MR) is 52.8 cm³/mol. The molecular formula is C9H23B. The van der Waals surface area contributed by atoms with Gasteiger partial charge in [0.05, 0.1) is 7.85 Å². The number of hydrogen-bond acceptors (Lipinski definition) is 0. The molecule has 0 aliphatic carbocycles. The molecule has 0 rings (SSSR count). The van der Waals surface area contributed by atoms with Crippen molar-refractivity contribution in [3.8, 4) is 0 Å². The van der Waals surface area contributed by atoms with E-state index >= 15 is 0 Å². The normalized spacial score (nSPS) is 6.50. The number of rotatable bonds is 2. The van der Waals surface area contributed by atoms with Gasteiger partial charge in [0.25, 0.3) is 0 Å². The molecular weight excluding hydrogens is 119 g/mol. The van der Waals surface area contributed by atoms with E-state index in [4.69, 9.17) is 0 Å². The Morgan fingerprint density at radius 2 is 0.700 bits per heavy atom. The average Bonchev–Trinajstić information content (AvgIpc) is 2.08. The molecule has 0 nitrogen and oxygen atoms in total. The van der Waals surface area contributed by atoms with E-state index in [1.54, 1.807) is 0 Å². The highest BCUT2D eigenvalue weighted by molar-refractivity contribution is 6.05. The summed E-state index contributed by atoms with van der Waals surface area (Å²) in [6, 6.07) is 0.